The molecule has 2 unspecified atom stereocenters. The number of aliphatic hydroxyl groups is 1. The maximum atomic E-state index is 11.5. The molecule has 1 aliphatic rings. The maximum absolute atomic E-state index is 11.5. The molecule has 2 N–H and O–H groups in total. The standard InChI is InChI=1S/C11H13NO2/c13-7-9-6-10(11(14)12-9)8-4-2-1-3-5-8/h1-5,9-10,13H,6-7H2,(H,12,14). The van der Waals surface area contributed by atoms with Crippen molar-refractivity contribution in [2.75, 3.05) is 6.61 Å². The number of aliphatic hydroxyl groups excluding tert-OH is 1. The minimum atomic E-state index is -0.0895. The van der Waals surface area contributed by atoms with E-state index >= 15 is 0 Å². The highest BCUT2D eigenvalue weighted by Crippen LogP contribution is 2.26. The summed E-state index contributed by atoms with van der Waals surface area (Å²) < 4.78 is 0. The molecule has 14 heavy (non-hydrogen) atoms. The minimum Gasteiger partial charge on any atom is -0.394 e. The summed E-state index contributed by atoms with van der Waals surface area (Å²) in [6.07, 6.45) is 0.694. The van der Waals surface area contributed by atoms with E-state index in [4.69, 9.17) is 5.11 Å². The van der Waals surface area contributed by atoms with Gasteiger partial charge >= 0.3 is 0 Å². The van der Waals surface area contributed by atoms with Crippen LogP contribution in [0.5, 0.6) is 0 Å². The van der Waals surface area contributed by atoms with Gasteiger partial charge in [-0.1, -0.05) is 30.3 Å². The quantitative estimate of drug-likeness (QED) is 0.721. The predicted octanol–water partition coefficient (Wildman–Crippen LogP) is 0.651. The summed E-state index contributed by atoms with van der Waals surface area (Å²) in [5.74, 6) is -0.0661. The fourth-order valence-corrected chi connectivity index (χ4v) is 1.85. The molecule has 3 nitrogen and oxygen atoms in total. The second kappa shape index (κ2) is 3.80. The lowest BCUT2D eigenvalue weighted by atomic mass is 9.96. The molecule has 0 radical (unpaired) electrons. The first-order chi connectivity index (χ1) is 6.81. The van der Waals surface area contributed by atoms with E-state index in [0.717, 1.165) is 5.56 Å². The van der Waals surface area contributed by atoms with Crippen LogP contribution in [0, 0.1) is 0 Å². The molecule has 0 spiro atoms. The van der Waals surface area contributed by atoms with E-state index in [1.54, 1.807) is 0 Å². The molecular formula is C11H13NO2. The Morgan fingerprint density at radius 2 is 2.07 bits per heavy atom. The van der Waals surface area contributed by atoms with E-state index in [9.17, 15) is 4.79 Å². The van der Waals surface area contributed by atoms with Gasteiger partial charge < -0.3 is 10.4 Å². The molecule has 1 amide bonds. The SMILES string of the molecule is O=C1NC(CO)CC1c1ccccc1. The highest BCUT2D eigenvalue weighted by Gasteiger charge is 2.32. The van der Waals surface area contributed by atoms with E-state index in [-0.39, 0.29) is 24.5 Å². The Morgan fingerprint density at radius 1 is 1.36 bits per heavy atom. The summed E-state index contributed by atoms with van der Waals surface area (Å²) >= 11 is 0. The van der Waals surface area contributed by atoms with E-state index in [2.05, 4.69) is 5.32 Å². The summed E-state index contributed by atoms with van der Waals surface area (Å²) in [5.41, 5.74) is 1.03. The van der Waals surface area contributed by atoms with Crippen molar-refractivity contribution in [2.45, 2.75) is 18.4 Å². The average Bonchev–Trinajstić information content (AvgIpc) is 2.61. The number of amides is 1. The molecule has 1 aliphatic heterocycles. The van der Waals surface area contributed by atoms with E-state index in [1.165, 1.54) is 0 Å². The molecular weight excluding hydrogens is 178 g/mol. The van der Waals surface area contributed by atoms with Crippen molar-refractivity contribution >= 4 is 5.91 Å². The van der Waals surface area contributed by atoms with Gasteiger partial charge in [-0.05, 0) is 12.0 Å². The van der Waals surface area contributed by atoms with E-state index < -0.39 is 0 Å². The number of rotatable bonds is 2. The first-order valence-electron chi connectivity index (χ1n) is 4.77. The minimum absolute atomic E-state index is 0.0229. The number of hydrogen-bond acceptors (Lipinski definition) is 2. The molecule has 3 heteroatoms. The largest absolute Gasteiger partial charge is 0.394 e. The van der Waals surface area contributed by atoms with Gasteiger partial charge in [0.15, 0.2) is 0 Å². The zero-order chi connectivity index (χ0) is 9.97. The van der Waals surface area contributed by atoms with Gasteiger partial charge in [-0.25, -0.2) is 0 Å². The summed E-state index contributed by atoms with van der Waals surface area (Å²) in [5, 5.41) is 11.7. The number of nitrogens with one attached hydrogen (secondary N) is 1. The molecule has 2 atom stereocenters. The van der Waals surface area contributed by atoms with Gasteiger partial charge in [0.25, 0.3) is 0 Å². The highest BCUT2D eigenvalue weighted by atomic mass is 16.3. The maximum Gasteiger partial charge on any atom is 0.227 e. The zero-order valence-corrected chi connectivity index (χ0v) is 7.81. The smallest absolute Gasteiger partial charge is 0.227 e. The van der Waals surface area contributed by atoms with Crippen molar-refractivity contribution in [3.8, 4) is 0 Å². The molecule has 0 aromatic heterocycles. The van der Waals surface area contributed by atoms with Crippen LogP contribution in [-0.2, 0) is 4.79 Å². The highest BCUT2D eigenvalue weighted by molar-refractivity contribution is 5.86. The lowest BCUT2D eigenvalue weighted by Gasteiger charge is -2.06. The van der Waals surface area contributed by atoms with Gasteiger partial charge in [0, 0.05) is 0 Å². The number of carbonyl (C=O) groups excluding carboxylic acids is 1. The van der Waals surface area contributed by atoms with Gasteiger partial charge in [-0.2, -0.15) is 0 Å². The molecule has 1 heterocycles. The van der Waals surface area contributed by atoms with Gasteiger partial charge in [0.1, 0.15) is 0 Å². The van der Waals surface area contributed by atoms with Crippen molar-refractivity contribution in [2.24, 2.45) is 0 Å². The average molecular weight is 191 g/mol. The third kappa shape index (κ3) is 1.63. The Balaban J connectivity index is 2.17. The summed E-state index contributed by atoms with van der Waals surface area (Å²) in [4.78, 5) is 11.5. The molecule has 0 bridgehead atoms. The second-order valence-corrected chi connectivity index (χ2v) is 3.59. The van der Waals surface area contributed by atoms with Gasteiger partial charge in [0.05, 0.1) is 18.6 Å². The van der Waals surface area contributed by atoms with Crippen LogP contribution in [-0.4, -0.2) is 23.7 Å². The summed E-state index contributed by atoms with van der Waals surface area (Å²) in [6, 6.07) is 9.60. The van der Waals surface area contributed by atoms with Crippen LogP contribution in [0.15, 0.2) is 30.3 Å². The van der Waals surface area contributed by atoms with Crippen LogP contribution in [0.1, 0.15) is 17.9 Å². The fourth-order valence-electron chi connectivity index (χ4n) is 1.85. The van der Waals surface area contributed by atoms with E-state index in [0.29, 0.717) is 6.42 Å². The predicted molar refractivity (Wildman–Crippen MR) is 52.8 cm³/mol. The lowest BCUT2D eigenvalue weighted by molar-refractivity contribution is -0.120. The monoisotopic (exact) mass is 191 g/mol. The zero-order valence-electron chi connectivity index (χ0n) is 7.81. The molecule has 74 valence electrons. The topological polar surface area (TPSA) is 49.3 Å². The summed E-state index contributed by atoms with van der Waals surface area (Å²) in [7, 11) is 0. The molecule has 2 rings (SSSR count). The third-order valence-corrected chi connectivity index (χ3v) is 2.61. The first-order valence-corrected chi connectivity index (χ1v) is 4.77. The van der Waals surface area contributed by atoms with Crippen LogP contribution >= 0.6 is 0 Å². The van der Waals surface area contributed by atoms with Crippen LogP contribution in [0.2, 0.25) is 0 Å². The van der Waals surface area contributed by atoms with Crippen molar-refractivity contribution in [3.05, 3.63) is 35.9 Å². The van der Waals surface area contributed by atoms with Crippen LogP contribution in [0.3, 0.4) is 0 Å². The summed E-state index contributed by atoms with van der Waals surface area (Å²) in [6.45, 7) is 0.0229. The molecule has 0 aliphatic carbocycles. The Kier molecular flexibility index (Phi) is 2.50. The van der Waals surface area contributed by atoms with Crippen molar-refractivity contribution in [1.29, 1.82) is 0 Å². The Hall–Kier alpha value is -1.35. The van der Waals surface area contributed by atoms with Crippen LogP contribution in [0.4, 0.5) is 0 Å². The Morgan fingerprint density at radius 3 is 2.64 bits per heavy atom. The molecule has 1 saturated heterocycles. The first kappa shape index (κ1) is 9.21. The molecule has 1 fully saturated rings. The van der Waals surface area contributed by atoms with Crippen molar-refractivity contribution < 1.29 is 9.90 Å². The Bertz CT molecular complexity index is 323. The molecule has 0 saturated carbocycles. The molecule has 1 aromatic carbocycles. The van der Waals surface area contributed by atoms with Crippen LogP contribution < -0.4 is 5.32 Å². The number of hydrogen-bond donors (Lipinski definition) is 2. The van der Waals surface area contributed by atoms with Crippen LogP contribution in [0.25, 0.3) is 0 Å². The van der Waals surface area contributed by atoms with E-state index in [1.807, 2.05) is 30.3 Å². The van der Waals surface area contributed by atoms with Gasteiger partial charge in [-0.3, -0.25) is 4.79 Å². The molecule has 1 aromatic rings. The Labute approximate surface area is 82.8 Å². The number of benzene rings is 1. The number of carbonyl (C=O) groups is 1. The second-order valence-electron chi connectivity index (χ2n) is 3.59. The van der Waals surface area contributed by atoms with Crippen molar-refractivity contribution in [3.63, 3.8) is 0 Å². The van der Waals surface area contributed by atoms with Gasteiger partial charge in [0.2, 0.25) is 5.91 Å². The normalized spacial score (nSPS) is 26.2. The van der Waals surface area contributed by atoms with Gasteiger partial charge in [-0.15, -0.1) is 0 Å². The van der Waals surface area contributed by atoms with Crippen molar-refractivity contribution in [1.82, 2.24) is 5.32 Å². The lowest BCUT2D eigenvalue weighted by Crippen LogP contribution is -2.28. The fraction of sp³-hybridized carbons (Fsp3) is 0.364. The third-order valence-electron chi connectivity index (χ3n) is 2.61.